The molecule has 0 saturated heterocycles. The highest BCUT2D eigenvalue weighted by Crippen LogP contribution is 2.32. The van der Waals surface area contributed by atoms with E-state index in [2.05, 4.69) is 4.98 Å². The van der Waals surface area contributed by atoms with Crippen LogP contribution in [0.25, 0.3) is 0 Å². The predicted octanol–water partition coefficient (Wildman–Crippen LogP) is 2.51. The van der Waals surface area contributed by atoms with Crippen molar-refractivity contribution in [1.29, 1.82) is 0 Å². The number of ether oxygens (including phenoxy) is 1. The lowest BCUT2D eigenvalue weighted by Gasteiger charge is -2.10. The van der Waals surface area contributed by atoms with Gasteiger partial charge in [-0.3, -0.25) is 0 Å². The molecule has 1 heterocycles. The van der Waals surface area contributed by atoms with Gasteiger partial charge in [0.2, 0.25) is 5.88 Å². The monoisotopic (exact) mass is 298 g/mol. The molecule has 0 saturated carbocycles. The Morgan fingerprint density at radius 2 is 2.05 bits per heavy atom. The van der Waals surface area contributed by atoms with E-state index < -0.39 is 9.84 Å². The van der Waals surface area contributed by atoms with Crippen molar-refractivity contribution >= 4 is 27.1 Å². The average molecular weight is 299 g/mol. The summed E-state index contributed by atoms with van der Waals surface area (Å²) in [7, 11) is -3.44. The van der Waals surface area contributed by atoms with Gasteiger partial charge in [0.15, 0.2) is 15.6 Å². The lowest BCUT2D eigenvalue weighted by Crippen LogP contribution is -2.02. The fourth-order valence-corrected chi connectivity index (χ4v) is 2.34. The summed E-state index contributed by atoms with van der Waals surface area (Å²) in [6.45, 7) is 0. The number of nitrogen functional groups attached to an aromatic ring is 1. The van der Waals surface area contributed by atoms with E-state index in [4.69, 9.17) is 22.1 Å². The Morgan fingerprint density at radius 3 is 2.74 bits per heavy atom. The van der Waals surface area contributed by atoms with Gasteiger partial charge < -0.3 is 10.5 Å². The zero-order valence-electron chi connectivity index (χ0n) is 10.00. The van der Waals surface area contributed by atoms with Crippen LogP contribution >= 0.6 is 11.6 Å². The number of rotatable bonds is 3. The third-order valence-corrected chi connectivity index (χ3v) is 3.66. The lowest BCUT2D eigenvalue weighted by molar-refractivity contribution is 0.449. The molecule has 0 aliphatic rings. The molecule has 0 unspecified atom stereocenters. The van der Waals surface area contributed by atoms with E-state index in [9.17, 15) is 8.42 Å². The van der Waals surface area contributed by atoms with Crippen LogP contribution in [0.4, 0.5) is 5.69 Å². The maximum absolute atomic E-state index is 11.6. The first-order valence-electron chi connectivity index (χ1n) is 5.26. The Balaban J connectivity index is 2.47. The van der Waals surface area contributed by atoms with Gasteiger partial charge in [-0.15, -0.1) is 0 Å². The van der Waals surface area contributed by atoms with Crippen LogP contribution in [-0.2, 0) is 9.84 Å². The molecule has 19 heavy (non-hydrogen) atoms. The highest BCUT2D eigenvalue weighted by Gasteiger charge is 2.16. The van der Waals surface area contributed by atoms with Crippen LogP contribution in [0.1, 0.15) is 0 Å². The molecule has 1 aromatic heterocycles. The number of anilines is 1. The van der Waals surface area contributed by atoms with Crippen molar-refractivity contribution in [2.75, 3.05) is 12.0 Å². The molecule has 0 radical (unpaired) electrons. The zero-order chi connectivity index (χ0) is 14.0. The summed E-state index contributed by atoms with van der Waals surface area (Å²) in [5.74, 6) is 0.232. The second kappa shape index (κ2) is 5.07. The van der Waals surface area contributed by atoms with Crippen molar-refractivity contribution in [1.82, 2.24) is 4.98 Å². The van der Waals surface area contributed by atoms with E-state index in [1.54, 1.807) is 12.1 Å². The number of sulfone groups is 1. The van der Waals surface area contributed by atoms with Crippen LogP contribution in [-0.4, -0.2) is 19.7 Å². The van der Waals surface area contributed by atoms with Gasteiger partial charge in [-0.05, 0) is 24.3 Å². The first kappa shape index (κ1) is 13.6. The standard InChI is InChI=1S/C12H11ClN2O3S/c1-19(16,17)11-3-2-6-15-12(11)18-10-7-8(13)4-5-9(10)14/h2-7H,14H2,1H3. The SMILES string of the molecule is CS(=O)(=O)c1cccnc1Oc1cc(Cl)ccc1N. The first-order chi connectivity index (χ1) is 8.88. The summed E-state index contributed by atoms with van der Waals surface area (Å²) in [5.41, 5.74) is 6.08. The maximum atomic E-state index is 11.6. The molecule has 2 rings (SSSR count). The first-order valence-corrected chi connectivity index (χ1v) is 7.53. The molecule has 0 aliphatic carbocycles. The minimum absolute atomic E-state index is 0.00521. The molecule has 2 aromatic rings. The summed E-state index contributed by atoms with van der Waals surface area (Å²) in [4.78, 5) is 3.91. The second-order valence-electron chi connectivity index (χ2n) is 3.86. The summed E-state index contributed by atoms with van der Waals surface area (Å²) in [6.07, 6.45) is 2.52. The molecule has 7 heteroatoms. The van der Waals surface area contributed by atoms with Crippen molar-refractivity contribution in [2.45, 2.75) is 4.90 Å². The van der Waals surface area contributed by atoms with Gasteiger partial charge in [0.05, 0.1) is 5.69 Å². The number of hydrogen-bond donors (Lipinski definition) is 1. The fraction of sp³-hybridized carbons (Fsp3) is 0.0833. The molecule has 2 N–H and O–H groups in total. The van der Waals surface area contributed by atoms with Gasteiger partial charge in [-0.25, -0.2) is 13.4 Å². The highest BCUT2D eigenvalue weighted by molar-refractivity contribution is 7.90. The normalized spacial score (nSPS) is 11.3. The van der Waals surface area contributed by atoms with Crippen molar-refractivity contribution in [3.8, 4) is 11.6 Å². The molecule has 0 atom stereocenters. The fourth-order valence-electron chi connectivity index (χ4n) is 1.44. The van der Waals surface area contributed by atoms with E-state index >= 15 is 0 Å². The van der Waals surface area contributed by atoms with Gasteiger partial charge in [0.1, 0.15) is 4.90 Å². The third kappa shape index (κ3) is 3.15. The van der Waals surface area contributed by atoms with Crippen LogP contribution in [0, 0.1) is 0 Å². The molecule has 0 spiro atoms. The van der Waals surface area contributed by atoms with E-state index in [1.165, 1.54) is 24.4 Å². The van der Waals surface area contributed by atoms with Crippen LogP contribution < -0.4 is 10.5 Å². The van der Waals surface area contributed by atoms with Crippen molar-refractivity contribution in [3.63, 3.8) is 0 Å². The van der Waals surface area contributed by atoms with Gasteiger partial charge in [-0.2, -0.15) is 0 Å². The van der Waals surface area contributed by atoms with Crippen molar-refractivity contribution in [3.05, 3.63) is 41.6 Å². The molecular formula is C12H11ClN2O3S. The minimum atomic E-state index is -3.44. The van der Waals surface area contributed by atoms with Gasteiger partial charge in [0, 0.05) is 23.5 Å². The largest absolute Gasteiger partial charge is 0.435 e. The van der Waals surface area contributed by atoms with Crippen molar-refractivity contribution < 1.29 is 13.2 Å². The van der Waals surface area contributed by atoms with E-state index in [0.717, 1.165) is 6.26 Å². The number of benzene rings is 1. The molecule has 5 nitrogen and oxygen atoms in total. The Bertz CT molecular complexity index is 717. The van der Waals surface area contributed by atoms with Crippen LogP contribution in [0.3, 0.4) is 0 Å². The third-order valence-electron chi connectivity index (χ3n) is 2.32. The molecule has 100 valence electrons. The van der Waals surface area contributed by atoms with Gasteiger partial charge >= 0.3 is 0 Å². The number of halogens is 1. The Labute approximate surface area is 115 Å². The van der Waals surface area contributed by atoms with E-state index in [0.29, 0.717) is 10.7 Å². The van der Waals surface area contributed by atoms with Gasteiger partial charge in [0.25, 0.3) is 0 Å². The topological polar surface area (TPSA) is 82.3 Å². The number of hydrogen-bond acceptors (Lipinski definition) is 5. The number of pyridine rings is 1. The molecular weight excluding hydrogens is 288 g/mol. The minimum Gasteiger partial charge on any atom is -0.435 e. The van der Waals surface area contributed by atoms with Crippen LogP contribution in [0.5, 0.6) is 11.6 Å². The Morgan fingerprint density at radius 1 is 1.32 bits per heavy atom. The van der Waals surface area contributed by atoms with Gasteiger partial charge in [-0.1, -0.05) is 11.6 Å². The van der Waals surface area contributed by atoms with E-state index in [-0.39, 0.29) is 16.5 Å². The molecule has 0 amide bonds. The molecule has 0 bridgehead atoms. The van der Waals surface area contributed by atoms with E-state index in [1.807, 2.05) is 0 Å². The smallest absolute Gasteiger partial charge is 0.238 e. The molecule has 0 fully saturated rings. The quantitative estimate of drug-likeness (QED) is 0.880. The predicted molar refractivity (Wildman–Crippen MR) is 73.3 cm³/mol. The highest BCUT2D eigenvalue weighted by atomic mass is 35.5. The summed E-state index contributed by atoms with van der Waals surface area (Å²) >= 11 is 5.84. The zero-order valence-corrected chi connectivity index (χ0v) is 11.6. The summed E-state index contributed by atoms with van der Waals surface area (Å²) in [6, 6.07) is 7.61. The van der Waals surface area contributed by atoms with Crippen LogP contribution in [0.2, 0.25) is 5.02 Å². The lowest BCUT2D eigenvalue weighted by atomic mass is 10.3. The average Bonchev–Trinajstić information content (AvgIpc) is 2.33. The summed E-state index contributed by atoms with van der Waals surface area (Å²) < 4.78 is 28.7. The summed E-state index contributed by atoms with van der Waals surface area (Å²) in [5, 5.41) is 0.432. The second-order valence-corrected chi connectivity index (χ2v) is 6.28. The number of aromatic nitrogens is 1. The molecule has 0 aliphatic heterocycles. The van der Waals surface area contributed by atoms with Crippen LogP contribution in [0.15, 0.2) is 41.4 Å². The van der Waals surface area contributed by atoms with Crippen molar-refractivity contribution in [2.24, 2.45) is 0 Å². The Kier molecular flexibility index (Phi) is 3.64. The maximum Gasteiger partial charge on any atom is 0.238 e. The number of nitrogens with two attached hydrogens (primary N) is 1. The molecule has 1 aromatic carbocycles. The number of nitrogens with zero attached hydrogens (tertiary/aromatic N) is 1. The Hall–Kier alpha value is -1.79.